The molecule has 0 N–H and O–H groups in total. The molecule has 178 valence electrons. The number of nitrogens with zero attached hydrogens (tertiary/aromatic N) is 3. The zero-order valence-corrected chi connectivity index (χ0v) is 20.8. The number of carbonyl (C=O) groups excluding carboxylic acids is 1. The van der Waals surface area contributed by atoms with E-state index in [1.807, 2.05) is 37.3 Å². The Morgan fingerprint density at radius 3 is 2.36 bits per heavy atom. The number of aromatic nitrogens is 2. The number of unbranched alkanes of at least 4 members (excludes halogenated alkanes) is 2. The Morgan fingerprint density at radius 1 is 1.18 bits per heavy atom. The Balaban J connectivity index is 2.35. The second kappa shape index (κ2) is 11.6. The molecule has 2 rings (SSSR count). The summed E-state index contributed by atoms with van der Waals surface area (Å²) in [6.07, 6.45) is 1.03. The molecule has 0 bridgehead atoms. The molecule has 0 radical (unpaired) electrons. The number of hydrogen-bond acceptors (Lipinski definition) is 6. The first kappa shape index (κ1) is 26.0. The van der Waals surface area contributed by atoms with E-state index in [4.69, 9.17) is 14.2 Å². The smallest absolute Gasteiger partial charge is 0.451 e. The quantitative estimate of drug-likeness (QED) is 0.149. The predicted octanol–water partition coefficient (Wildman–Crippen LogP) is 6.12. The second-order valence-corrected chi connectivity index (χ2v) is 9.05. The Hall–Kier alpha value is -3.27. The number of rotatable bonds is 9. The predicted molar refractivity (Wildman–Crippen MR) is 128 cm³/mol. The van der Waals surface area contributed by atoms with Gasteiger partial charge in [-0.25, -0.2) is 4.79 Å². The lowest BCUT2D eigenvalue weighted by atomic mass is 9.86. The van der Waals surface area contributed by atoms with Crippen LogP contribution in [0.4, 0.5) is 4.79 Å². The molecule has 1 heterocycles. The van der Waals surface area contributed by atoms with Crippen molar-refractivity contribution in [3.05, 3.63) is 52.8 Å². The van der Waals surface area contributed by atoms with Crippen molar-refractivity contribution >= 4 is 17.5 Å². The van der Waals surface area contributed by atoms with Gasteiger partial charge in [0.25, 0.3) is 0 Å². The number of allylic oxidation sites excluding steroid dienone is 1. The van der Waals surface area contributed by atoms with E-state index >= 15 is 0 Å². The fourth-order valence-corrected chi connectivity index (χ4v) is 3.32. The Kier molecular flexibility index (Phi) is 9.10. The van der Waals surface area contributed by atoms with Crippen molar-refractivity contribution in [2.24, 2.45) is 7.05 Å². The minimum Gasteiger partial charge on any atom is -0.451 e. The summed E-state index contributed by atoms with van der Waals surface area (Å²) in [5.74, 6) is 0.287. The standard InChI is InChI=1S/C26H35N3O4/c1-8-9-10-15-31-25(30)33-19(3)32-24(23-16-18(2)28-29(23)7)22(17-27)20-11-13-21(14-12-20)26(4,5)6/h11-14,16,19H,8-10,15H2,1-7H3/b24-22-. The molecule has 33 heavy (non-hydrogen) atoms. The van der Waals surface area contributed by atoms with Crippen LogP contribution in [-0.2, 0) is 26.7 Å². The van der Waals surface area contributed by atoms with Gasteiger partial charge in [-0.2, -0.15) is 10.4 Å². The van der Waals surface area contributed by atoms with Crippen molar-refractivity contribution < 1.29 is 19.0 Å². The molecule has 1 unspecified atom stereocenters. The molecular formula is C26H35N3O4. The van der Waals surface area contributed by atoms with Crippen molar-refractivity contribution in [1.29, 1.82) is 5.26 Å². The molecule has 7 heteroatoms. The molecule has 0 aliphatic carbocycles. The van der Waals surface area contributed by atoms with Crippen LogP contribution in [0.1, 0.15) is 76.4 Å². The van der Waals surface area contributed by atoms with Crippen LogP contribution in [0.25, 0.3) is 11.3 Å². The van der Waals surface area contributed by atoms with Gasteiger partial charge in [0.2, 0.25) is 6.29 Å². The zero-order chi connectivity index (χ0) is 24.6. The van der Waals surface area contributed by atoms with Crippen molar-refractivity contribution in [1.82, 2.24) is 9.78 Å². The maximum absolute atomic E-state index is 12.0. The normalized spacial score (nSPS) is 13.0. The van der Waals surface area contributed by atoms with Crippen molar-refractivity contribution in [2.45, 2.75) is 72.5 Å². The average molecular weight is 454 g/mol. The molecule has 0 spiro atoms. The molecular weight excluding hydrogens is 418 g/mol. The fourth-order valence-electron chi connectivity index (χ4n) is 3.32. The van der Waals surface area contributed by atoms with Crippen LogP contribution in [0.5, 0.6) is 0 Å². The first-order valence-corrected chi connectivity index (χ1v) is 11.3. The van der Waals surface area contributed by atoms with Gasteiger partial charge in [0.1, 0.15) is 17.3 Å². The van der Waals surface area contributed by atoms with E-state index in [0.29, 0.717) is 23.4 Å². The van der Waals surface area contributed by atoms with Crippen LogP contribution >= 0.6 is 0 Å². The summed E-state index contributed by atoms with van der Waals surface area (Å²) in [4.78, 5) is 12.0. The van der Waals surface area contributed by atoms with Crippen LogP contribution < -0.4 is 0 Å². The molecule has 0 aliphatic rings. The number of benzene rings is 1. The van der Waals surface area contributed by atoms with Gasteiger partial charge >= 0.3 is 6.16 Å². The number of carbonyl (C=O) groups is 1. The highest BCUT2D eigenvalue weighted by Gasteiger charge is 2.22. The summed E-state index contributed by atoms with van der Waals surface area (Å²) in [5.41, 5.74) is 3.56. The van der Waals surface area contributed by atoms with Crippen LogP contribution in [0.15, 0.2) is 30.3 Å². The van der Waals surface area contributed by atoms with E-state index in [0.717, 1.165) is 30.5 Å². The van der Waals surface area contributed by atoms with Crippen molar-refractivity contribution in [2.75, 3.05) is 6.61 Å². The summed E-state index contributed by atoms with van der Waals surface area (Å²) in [7, 11) is 1.77. The highest BCUT2D eigenvalue weighted by atomic mass is 16.8. The van der Waals surface area contributed by atoms with E-state index in [9.17, 15) is 10.1 Å². The largest absolute Gasteiger partial charge is 0.511 e. The highest BCUT2D eigenvalue weighted by Crippen LogP contribution is 2.31. The number of ether oxygens (including phenoxy) is 3. The van der Waals surface area contributed by atoms with E-state index in [1.165, 1.54) is 0 Å². The Bertz CT molecular complexity index is 1010. The molecule has 0 aliphatic heterocycles. The van der Waals surface area contributed by atoms with Gasteiger partial charge in [0.15, 0.2) is 5.76 Å². The van der Waals surface area contributed by atoms with Crippen molar-refractivity contribution in [3.63, 3.8) is 0 Å². The zero-order valence-electron chi connectivity index (χ0n) is 20.8. The van der Waals surface area contributed by atoms with Crippen LogP contribution in [0.3, 0.4) is 0 Å². The van der Waals surface area contributed by atoms with Crippen LogP contribution in [0.2, 0.25) is 0 Å². The minimum absolute atomic E-state index is 0.00657. The van der Waals surface area contributed by atoms with Crippen molar-refractivity contribution in [3.8, 4) is 6.07 Å². The maximum Gasteiger partial charge on any atom is 0.511 e. The van der Waals surface area contributed by atoms with Gasteiger partial charge in [0, 0.05) is 14.0 Å². The molecule has 2 aromatic rings. The van der Waals surface area contributed by atoms with E-state index in [-0.39, 0.29) is 11.2 Å². The Labute approximate surface area is 197 Å². The van der Waals surface area contributed by atoms with E-state index < -0.39 is 12.4 Å². The molecule has 0 amide bonds. The summed E-state index contributed by atoms with van der Waals surface area (Å²) in [5, 5.41) is 14.4. The van der Waals surface area contributed by atoms with Gasteiger partial charge in [-0.3, -0.25) is 4.68 Å². The number of aryl methyl sites for hydroxylation is 2. The molecule has 0 saturated carbocycles. The summed E-state index contributed by atoms with van der Waals surface area (Å²) >= 11 is 0. The van der Waals surface area contributed by atoms with Gasteiger partial charge in [-0.1, -0.05) is 64.8 Å². The number of nitriles is 1. The lowest BCUT2D eigenvalue weighted by molar-refractivity contribution is -0.0673. The topological polar surface area (TPSA) is 86.4 Å². The third kappa shape index (κ3) is 7.38. The van der Waals surface area contributed by atoms with Crippen LogP contribution in [-0.4, -0.2) is 28.8 Å². The lowest BCUT2D eigenvalue weighted by Gasteiger charge is -2.20. The first-order valence-electron chi connectivity index (χ1n) is 11.3. The fraction of sp³-hybridized carbons (Fsp3) is 0.500. The highest BCUT2D eigenvalue weighted by molar-refractivity contribution is 5.94. The van der Waals surface area contributed by atoms with Gasteiger partial charge < -0.3 is 14.2 Å². The maximum atomic E-state index is 12.0. The molecule has 7 nitrogen and oxygen atoms in total. The summed E-state index contributed by atoms with van der Waals surface area (Å²) in [6.45, 7) is 12.2. The molecule has 0 saturated heterocycles. The van der Waals surface area contributed by atoms with Gasteiger partial charge in [0.05, 0.1) is 12.3 Å². The average Bonchev–Trinajstić information content (AvgIpc) is 3.08. The minimum atomic E-state index is -0.967. The summed E-state index contributed by atoms with van der Waals surface area (Å²) < 4.78 is 18.0. The monoisotopic (exact) mass is 453 g/mol. The summed E-state index contributed by atoms with van der Waals surface area (Å²) in [6, 6.07) is 11.9. The van der Waals surface area contributed by atoms with Gasteiger partial charge in [-0.15, -0.1) is 0 Å². The molecule has 1 aromatic carbocycles. The molecule has 1 atom stereocenters. The van der Waals surface area contributed by atoms with E-state index in [2.05, 4.69) is 38.9 Å². The van der Waals surface area contributed by atoms with E-state index in [1.54, 1.807) is 18.7 Å². The first-order chi connectivity index (χ1) is 15.6. The second-order valence-electron chi connectivity index (χ2n) is 9.05. The third-order valence-corrected chi connectivity index (χ3v) is 5.13. The Morgan fingerprint density at radius 2 is 1.85 bits per heavy atom. The SMILES string of the molecule is CCCCCOC(=O)OC(C)O/C(=C(/C#N)c1ccc(C(C)(C)C)cc1)c1cc(C)nn1C. The number of hydrogen-bond donors (Lipinski definition) is 0. The van der Waals surface area contributed by atoms with Crippen LogP contribution in [0, 0.1) is 18.3 Å². The molecule has 1 aromatic heterocycles. The molecule has 0 fully saturated rings. The lowest BCUT2D eigenvalue weighted by Crippen LogP contribution is -2.20. The van der Waals surface area contributed by atoms with Gasteiger partial charge in [-0.05, 0) is 36.0 Å². The third-order valence-electron chi connectivity index (χ3n) is 5.13.